The lowest BCUT2D eigenvalue weighted by Crippen LogP contribution is -2.28. The molecular weight excluding hydrogens is 851 g/mol. The van der Waals surface area contributed by atoms with Gasteiger partial charge in [0.15, 0.2) is 0 Å². The molecule has 1 aromatic heterocycles. The number of benzene rings is 11. The summed E-state index contributed by atoms with van der Waals surface area (Å²) in [6, 6.07) is 100. The number of fused-ring (bicyclic) bond motifs is 6. The maximum atomic E-state index is 2.43. The molecular formula is C67H45NS. The third kappa shape index (κ3) is 6.91. The highest BCUT2D eigenvalue weighted by molar-refractivity contribution is 7.25. The van der Waals surface area contributed by atoms with Crippen molar-refractivity contribution < 1.29 is 0 Å². The molecule has 0 atom stereocenters. The summed E-state index contributed by atoms with van der Waals surface area (Å²) in [5, 5.41) is 2.64. The van der Waals surface area contributed by atoms with Gasteiger partial charge in [-0.1, -0.05) is 218 Å². The Kier molecular flexibility index (Phi) is 10.00. The first kappa shape index (κ1) is 40.7. The Morgan fingerprint density at radius 1 is 0.275 bits per heavy atom. The summed E-state index contributed by atoms with van der Waals surface area (Å²) < 4.78 is 2.65. The first-order chi connectivity index (χ1) is 34.2. The lowest BCUT2D eigenvalue weighted by atomic mass is 9.68. The first-order valence-corrected chi connectivity index (χ1v) is 24.5. The molecule has 0 amide bonds. The SMILES string of the molecule is c1ccc(-c2ccc(-c3ccccc3N(c3ccc(-c4cccc(-c5ccc6sc7ccccc7c6c5)c4)cc3)c3ccc(C4(c5ccccc5)c5ccccc5-c5ccccc54)cc3)cc2)cc1. The summed E-state index contributed by atoms with van der Waals surface area (Å²) in [7, 11) is 0. The number of nitrogens with zero attached hydrogens (tertiary/aromatic N) is 1. The standard InChI is InChI=1S/C67H45NS/c1-3-16-46(17-4-1)47-30-32-49(33-31-47)57-22-9-13-28-64(57)68(55-39-34-48(35-40-55)50-18-15-19-51(44-50)52-36-43-66-61(45-52)60-25-10-14-29-65(60)69-66)56-41-37-54(38-42-56)67(53-20-5-2-6-21-53)62-26-11-7-23-58(62)59-24-8-12-27-63(59)67/h1-45H. The van der Waals surface area contributed by atoms with Crippen molar-refractivity contribution in [3.05, 3.63) is 295 Å². The van der Waals surface area contributed by atoms with E-state index in [0.717, 1.165) is 28.2 Å². The van der Waals surface area contributed by atoms with Crippen molar-refractivity contribution in [2.45, 2.75) is 5.41 Å². The van der Waals surface area contributed by atoms with E-state index in [-0.39, 0.29) is 0 Å². The van der Waals surface area contributed by atoms with E-state index >= 15 is 0 Å². The fraction of sp³-hybridized carbons (Fsp3) is 0.0149. The fourth-order valence-electron chi connectivity index (χ4n) is 11.0. The van der Waals surface area contributed by atoms with Gasteiger partial charge in [-0.05, 0) is 127 Å². The van der Waals surface area contributed by atoms with Gasteiger partial charge in [0.2, 0.25) is 0 Å². The van der Waals surface area contributed by atoms with Crippen LogP contribution in [0.2, 0.25) is 0 Å². The van der Waals surface area contributed by atoms with E-state index < -0.39 is 5.41 Å². The van der Waals surface area contributed by atoms with Crippen LogP contribution >= 0.6 is 11.3 Å². The zero-order valence-electron chi connectivity index (χ0n) is 37.8. The molecule has 324 valence electrons. The minimum atomic E-state index is -0.477. The van der Waals surface area contributed by atoms with Crippen LogP contribution in [0.5, 0.6) is 0 Å². The highest BCUT2D eigenvalue weighted by atomic mass is 32.1. The molecule has 0 saturated heterocycles. The first-order valence-electron chi connectivity index (χ1n) is 23.7. The minimum absolute atomic E-state index is 0.477. The van der Waals surface area contributed by atoms with Gasteiger partial charge in [-0.15, -0.1) is 11.3 Å². The highest BCUT2D eigenvalue weighted by Gasteiger charge is 2.45. The van der Waals surface area contributed by atoms with Gasteiger partial charge in [0.1, 0.15) is 0 Å². The van der Waals surface area contributed by atoms with Crippen molar-refractivity contribution in [3.63, 3.8) is 0 Å². The molecule has 0 N–H and O–H groups in total. The molecule has 0 radical (unpaired) electrons. The van der Waals surface area contributed by atoms with Gasteiger partial charge in [0.05, 0.1) is 11.1 Å². The van der Waals surface area contributed by atoms with Gasteiger partial charge >= 0.3 is 0 Å². The molecule has 0 spiro atoms. The number of hydrogen-bond donors (Lipinski definition) is 0. The Morgan fingerprint density at radius 2 is 0.725 bits per heavy atom. The van der Waals surface area contributed by atoms with Crippen LogP contribution in [-0.2, 0) is 5.41 Å². The summed E-state index contributed by atoms with van der Waals surface area (Å²) in [5.41, 5.74) is 20.0. The van der Waals surface area contributed by atoms with Crippen molar-refractivity contribution in [1.29, 1.82) is 0 Å². The third-order valence-electron chi connectivity index (χ3n) is 14.2. The Labute approximate surface area is 407 Å². The molecule has 0 fully saturated rings. The normalized spacial score (nSPS) is 12.5. The molecule has 12 aromatic rings. The summed E-state index contributed by atoms with van der Waals surface area (Å²) in [4.78, 5) is 2.43. The maximum absolute atomic E-state index is 2.43. The molecule has 0 unspecified atom stereocenters. The second-order valence-electron chi connectivity index (χ2n) is 18.0. The quantitative estimate of drug-likeness (QED) is 0.140. The van der Waals surface area contributed by atoms with Gasteiger partial charge < -0.3 is 4.90 Å². The Balaban J connectivity index is 0.924. The molecule has 69 heavy (non-hydrogen) atoms. The molecule has 0 saturated carbocycles. The second-order valence-corrected chi connectivity index (χ2v) is 19.1. The minimum Gasteiger partial charge on any atom is -0.310 e. The summed E-state index contributed by atoms with van der Waals surface area (Å²) in [5.74, 6) is 0. The van der Waals surface area contributed by atoms with E-state index in [1.54, 1.807) is 0 Å². The molecule has 0 aliphatic heterocycles. The fourth-order valence-corrected chi connectivity index (χ4v) is 12.1. The molecule has 11 aromatic carbocycles. The Morgan fingerprint density at radius 3 is 1.43 bits per heavy atom. The topological polar surface area (TPSA) is 3.24 Å². The number of hydrogen-bond acceptors (Lipinski definition) is 2. The van der Waals surface area contributed by atoms with E-state index in [1.807, 2.05) is 11.3 Å². The van der Waals surface area contributed by atoms with Crippen LogP contribution in [0.3, 0.4) is 0 Å². The average Bonchev–Trinajstić information content (AvgIpc) is 3.96. The van der Waals surface area contributed by atoms with Gasteiger partial charge in [0.25, 0.3) is 0 Å². The van der Waals surface area contributed by atoms with Crippen LogP contribution in [0.15, 0.2) is 273 Å². The van der Waals surface area contributed by atoms with Crippen molar-refractivity contribution >= 4 is 48.6 Å². The molecule has 2 heteroatoms. The molecule has 1 aliphatic rings. The van der Waals surface area contributed by atoms with Gasteiger partial charge in [-0.25, -0.2) is 0 Å². The lowest BCUT2D eigenvalue weighted by molar-refractivity contribution is 0.768. The largest absolute Gasteiger partial charge is 0.310 e. The van der Waals surface area contributed by atoms with Crippen molar-refractivity contribution in [2.75, 3.05) is 4.90 Å². The van der Waals surface area contributed by atoms with Gasteiger partial charge in [0, 0.05) is 37.1 Å². The van der Waals surface area contributed by atoms with E-state index in [0.29, 0.717) is 0 Å². The highest BCUT2D eigenvalue weighted by Crippen LogP contribution is 2.56. The summed E-state index contributed by atoms with van der Waals surface area (Å²) in [6.07, 6.45) is 0. The number of thiophene rings is 1. The summed E-state index contributed by atoms with van der Waals surface area (Å²) >= 11 is 1.86. The van der Waals surface area contributed by atoms with Crippen LogP contribution in [0, 0.1) is 0 Å². The summed E-state index contributed by atoms with van der Waals surface area (Å²) in [6.45, 7) is 0. The van der Waals surface area contributed by atoms with Crippen LogP contribution in [0.25, 0.3) is 75.8 Å². The smallest absolute Gasteiger partial charge is 0.0713 e. The zero-order chi connectivity index (χ0) is 45.7. The van der Waals surface area contributed by atoms with Crippen LogP contribution in [0.1, 0.15) is 22.3 Å². The number of rotatable bonds is 9. The zero-order valence-corrected chi connectivity index (χ0v) is 38.7. The molecule has 0 bridgehead atoms. The molecule has 1 heterocycles. The number of anilines is 3. The van der Waals surface area contributed by atoms with Crippen LogP contribution in [0.4, 0.5) is 17.1 Å². The van der Waals surface area contributed by atoms with Crippen molar-refractivity contribution in [2.24, 2.45) is 0 Å². The van der Waals surface area contributed by atoms with Crippen molar-refractivity contribution in [1.82, 2.24) is 0 Å². The predicted octanol–water partition coefficient (Wildman–Crippen LogP) is 18.6. The Bertz CT molecular complexity index is 3770. The predicted molar refractivity (Wildman–Crippen MR) is 293 cm³/mol. The lowest BCUT2D eigenvalue weighted by Gasteiger charge is -2.34. The molecule has 1 aliphatic carbocycles. The van der Waals surface area contributed by atoms with Crippen LogP contribution in [-0.4, -0.2) is 0 Å². The number of para-hydroxylation sites is 1. The van der Waals surface area contributed by atoms with Gasteiger partial charge in [-0.3, -0.25) is 0 Å². The monoisotopic (exact) mass is 895 g/mol. The van der Waals surface area contributed by atoms with Crippen LogP contribution < -0.4 is 4.90 Å². The van der Waals surface area contributed by atoms with E-state index in [4.69, 9.17) is 0 Å². The average molecular weight is 896 g/mol. The van der Waals surface area contributed by atoms with E-state index in [2.05, 4.69) is 278 Å². The Hall–Kier alpha value is -8.56. The van der Waals surface area contributed by atoms with Crippen molar-refractivity contribution in [3.8, 4) is 55.6 Å². The second kappa shape index (κ2) is 16.9. The van der Waals surface area contributed by atoms with E-state index in [1.165, 1.54) is 86.9 Å². The molecule has 1 nitrogen and oxygen atoms in total. The maximum Gasteiger partial charge on any atom is 0.0713 e. The molecule has 13 rings (SSSR count). The van der Waals surface area contributed by atoms with E-state index in [9.17, 15) is 0 Å². The third-order valence-corrected chi connectivity index (χ3v) is 15.3. The van der Waals surface area contributed by atoms with Gasteiger partial charge in [-0.2, -0.15) is 0 Å².